The maximum Gasteiger partial charge on any atom is 0.242 e. The normalized spacial score (nSPS) is 15.3. The van der Waals surface area contributed by atoms with Gasteiger partial charge in [-0.2, -0.15) is 0 Å². The lowest BCUT2D eigenvalue weighted by Gasteiger charge is -2.38. The van der Waals surface area contributed by atoms with Crippen molar-refractivity contribution >= 4 is 21.4 Å². The number of carbonyl (C=O) groups excluding carboxylic acids is 1. The summed E-state index contributed by atoms with van der Waals surface area (Å²) in [5.41, 5.74) is 6.50. The van der Waals surface area contributed by atoms with Crippen molar-refractivity contribution in [3.63, 3.8) is 0 Å². The van der Waals surface area contributed by atoms with E-state index in [1.54, 1.807) is 30.6 Å². The van der Waals surface area contributed by atoms with Crippen LogP contribution >= 0.6 is 0 Å². The standard InChI is InChI=1S/C29H30N4O3S/c1-32-20-30-18-25(32)19-33-27-14-10-23(22-6-4-3-5-7-22)16-24(27)11-15-28(33)29(34)31-17-21-8-12-26(13-9-21)37(2,35)36/h3-10,12-14,16,18,20,28H,11,15,17,19H2,1-2H3,(H,31,34). The Morgan fingerprint density at radius 1 is 1.03 bits per heavy atom. The van der Waals surface area contributed by atoms with Gasteiger partial charge in [0.15, 0.2) is 9.84 Å². The maximum absolute atomic E-state index is 13.4. The summed E-state index contributed by atoms with van der Waals surface area (Å²) in [7, 11) is -1.29. The number of rotatable bonds is 7. The summed E-state index contributed by atoms with van der Waals surface area (Å²) in [5, 5.41) is 3.07. The molecule has 4 aromatic rings. The SMILES string of the molecule is Cn1cncc1CN1c2ccc(-c3ccccc3)cc2CCC1C(=O)NCc1ccc(S(C)(=O)=O)cc1. The third-order valence-electron chi connectivity index (χ3n) is 6.93. The van der Waals surface area contributed by atoms with E-state index in [0.29, 0.717) is 19.5 Å². The van der Waals surface area contributed by atoms with Crippen molar-refractivity contribution in [2.24, 2.45) is 7.05 Å². The van der Waals surface area contributed by atoms with E-state index < -0.39 is 9.84 Å². The van der Waals surface area contributed by atoms with Gasteiger partial charge in [0.25, 0.3) is 0 Å². The van der Waals surface area contributed by atoms with Crippen LogP contribution in [0.2, 0.25) is 0 Å². The molecule has 1 aliphatic rings. The number of nitrogens with zero attached hydrogens (tertiary/aromatic N) is 3. The quantitative estimate of drug-likeness (QED) is 0.401. The van der Waals surface area contributed by atoms with E-state index in [0.717, 1.165) is 23.4 Å². The first-order valence-electron chi connectivity index (χ1n) is 12.3. The van der Waals surface area contributed by atoms with Gasteiger partial charge in [0, 0.05) is 31.7 Å². The van der Waals surface area contributed by atoms with Gasteiger partial charge in [-0.1, -0.05) is 48.5 Å². The predicted molar refractivity (Wildman–Crippen MR) is 145 cm³/mol. The summed E-state index contributed by atoms with van der Waals surface area (Å²) in [6.07, 6.45) is 6.30. The molecule has 0 spiro atoms. The molecule has 0 radical (unpaired) electrons. The second-order valence-electron chi connectivity index (χ2n) is 9.52. The van der Waals surface area contributed by atoms with Gasteiger partial charge in [-0.05, 0) is 59.4 Å². The number of fused-ring (bicyclic) bond motifs is 1. The smallest absolute Gasteiger partial charge is 0.242 e. The lowest BCUT2D eigenvalue weighted by Crippen LogP contribution is -2.49. The Bertz CT molecular complexity index is 1510. The van der Waals surface area contributed by atoms with Crippen molar-refractivity contribution < 1.29 is 13.2 Å². The predicted octanol–water partition coefficient (Wildman–Crippen LogP) is 4.13. The van der Waals surface area contributed by atoms with Crippen molar-refractivity contribution in [3.05, 3.63) is 102 Å². The van der Waals surface area contributed by atoms with Crippen LogP contribution in [0.4, 0.5) is 5.69 Å². The number of benzene rings is 3. The molecule has 190 valence electrons. The zero-order valence-corrected chi connectivity index (χ0v) is 21.8. The van der Waals surface area contributed by atoms with Crippen LogP contribution in [0.1, 0.15) is 23.2 Å². The summed E-state index contributed by atoms with van der Waals surface area (Å²) >= 11 is 0. The molecule has 1 aromatic heterocycles. The van der Waals surface area contributed by atoms with E-state index in [1.165, 1.54) is 22.9 Å². The summed E-state index contributed by atoms with van der Waals surface area (Å²) in [6.45, 7) is 0.897. The maximum atomic E-state index is 13.4. The van der Waals surface area contributed by atoms with E-state index in [-0.39, 0.29) is 16.8 Å². The van der Waals surface area contributed by atoms with Crippen LogP contribution in [0.3, 0.4) is 0 Å². The number of nitrogens with one attached hydrogen (secondary N) is 1. The van der Waals surface area contributed by atoms with Gasteiger partial charge in [-0.15, -0.1) is 0 Å². The topological polar surface area (TPSA) is 84.3 Å². The van der Waals surface area contributed by atoms with Crippen LogP contribution < -0.4 is 10.2 Å². The summed E-state index contributed by atoms with van der Waals surface area (Å²) < 4.78 is 25.4. The fourth-order valence-electron chi connectivity index (χ4n) is 4.83. The monoisotopic (exact) mass is 514 g/mol. The van der Waals surface area contributed by atoms with Crippen molar-refractivity contribution in [1.29, 1.82) is 0 Å². The summed E-state index contributed by atoms with van der Waals surface area (Å²) in [4.78, 5) is 20.1. The first-order valence-corrected chi connectivity index (χ1v) is 14.2. The molecule has 7 nitrogen and oxygen atoms in total. The van der Waals surface area contributed by atoms with Crippen LogP contribution in [-0.2, 0) is 41.2 Å². The highest BCUT2D eigenvalue weighted by atomic mass is 32.2. The Morgan fingerprint density at radius 3 is 2.46 bits per heavy atom. The molecule has 0 bridgehead atoms. The number of amides is 1. The Kier molecular flexibility index (Phi) is 6.84. The average Bonchev–Trinajstić information content (AvgIpc) is 3.31. The number of hydrogen-bond acceptors (Lipinski definition) is 5. The van der Waals surface area contributed by atoms with Crippen LogP contribution in [0, 0.1) is 0 Å². The Hall–Kier alpha value is -3.91. The highest BCUT2D eigenvalue weighted by Gasteiger charge is 2.32. The zero-order valence-electron chi connectivity index (χ0n) is 21.0. The number of anilines is 1. The minimum atomic E-state index is -3.25. The first-order chi connectivity index (χ1) is 17.8. The highest BCUT2D eigenvalue weighted by molar-refractivity contribution is 7.90. The zero-order chi connectivity index (χ0) is 26.0. The van der Waals surface area contributed by atoms with Crippen molar-refractivity contribution in [2.45, 2.75) is 36.9 Å². The van der Waals surface area contributed by atoms with Gasteiger partial charge in [-0.25, -0.2) is 13.4 Å². The first kappa shape index (κ1) is 24.8. The molecular weight excluding hydrogens is 484 g/mol. The van der Waals surface area contributed by atoms with Gasteiger partial charge >= 0.3 is 0 Å². The summed E-state index contributed by atoms with van der Waals surface area (Å²) in [5.74, 6) is -0.0489. The van der Waals surface area contributed by atoms with Crippen molar-refractivity contribution in [3.8, 4) is 11.1 Å². The molecule has 1 unspecified atom stereocenters. The molecule has 0 fully saturated rings. The third-order valence-corrected chi connectivity index (χ3v) is 8.06. The highest BCUT2D eigenvalue weighted by Crippen LogP contribution is 2.35. The molecule has 0 saturated carbocycles. The van der Waals surface area contributed by atoms with E-state index in [2.05, 4.69) is 45.5 Å². The van der Waals surface area contributed by atoms with E-state index in [1.807, 2.05) is 36.0 Å². The van der Waals surface area contributed by atoms with Crippen molar-refractivity contribution in [1.82, 2.24) is 14.9 Å². The van der Waals surface area contributed by atoms with Gasteiger partial charge < -0.3 is 14.8 Å². The molecule has 0 saturated heterocycles. The number of imidazole rings is 1. The molecule has 2 heterocycles. The fourth-order valence-corrected chi connectivity index (χ4v) is 5.46. The molecule has 37 heavy (non-hydrogen) atoms. The molecule has 3 aromatic carbocycles. The fraction of sp³-hybridized carbons (Fsp3) is 0.241. The molecule has 8 heteroatoms. The number of hydrogen-bond donors (Lipinski definition) is 1. The minimum Gasteiger partial charge on any atom is -0.353 e. The second kappa shape index (κ2) is 10.2. The number of sulfone groups is 1. The molecule has 0 aliphatic carbocycles. The lowest BCUT2D eigenvalue weighted by atomic mass is 9.92. The van der Waals surface area contributed by atoms with Crippen LogP contribution in [0.25, 0.3) is 11.1 Å². The van der Waals surface area contributed by atoms with Gasteiger partial charge in [0.1, 0.15) is 6.04 Å². The van der Waals surface area contributed by atoms with Gasteiger partial charge in [0.2, 0.25) is 5.91 Å². The van der Waals surface area contributed by atoms with Crippen LogP contribution in [0.5, 0.6) is 0 Å². The largest absolute Gasteiger partial charge is 0.353 e. The average molecular weight is 515 g/mol. The molecule has 1 amide bonds. The molecule has 5 rings (SSSR count). The molecular formula is C29H30N4O3S. The van der Waals surface area contributed by atoms with Crippen LogP contribution in [0.15, 0.2) is 90.2 Å². The summed E-state index contributed by atoms with van der Waals surface area (Å²) in [6, 6.07) is 23.1. The van der Waals surface area contributed by atoms with Gasteiger partial charge in [0.05, 0.1) is 23.5 Å². The lowest BCUT2D eigenvalue weighted by molar-refractivity contribution is -0.122. The van der Waals surface area contributed by atoms with E-state index in [4.69, 9.17) is 0 Å². The van der Waals surface area contributed by atoms with Crippen molar-refractivity contribution in [2.75, 3.05) is 11.2 Å². The Labute approximate surface area is 217 Å². The minimum absolute atomic E-state index is 0.0489. The van der Waals surface area contributed by atoms with Gasteiger partial charge in [-0.3, -0.25) is 4.79 Å². The van der Waals surface area contributed by atoms with E-state index >= 15 is 0 Å². The number of carbonyl (C=O) groups is 1. The molecule has 1 N–H and O–H groups in total. The third kappa shape index (κ3) is 5.44. The second-order valence-corrected chi connectivity index (χ2v) is 11.5. The van der Waals surface area contributed by atoms with E-state index in [9.17, 15) is 13.2 Å². The number of aromatic nitrogens is 2. The molecule has 1 aliphatic heterocycles. The van der Waals surface area contributed by atoms with Crippen LogP contribution in [-0.4, -0.2) is 36.2 Å². The Balaban J connectivity index is 1.38. The molecule has 1 atom stereocenters. The Morgan fingerprint density at radius 2 is 1.78 bits per heavy atom. The number of aryl methyl sites for hydroxylation is 2.